The predicted molar refractivity (Wildman–Crippen MR) is 63.1 cm³/mol. The Morgan fingerprint density at radius 3 is 2.61 bits per heavy atom. The molecule has 4 nitrogen and oxygen atoms in total. The summed E-state index contributed by atoms with van der Waals surface area (Å²) in [5, 5.41) is 8.72. The Morgan fingerprint density at radius 1 is 1.33 bits per heavy atom. The number of carboxylic acids is 1. The molecule has 0 fully saturated rings. The van der Waals surface area contributed by atoms with E-state index in [-0.39, 0.29) is 5.56 Å². The Bertz CT molecular complexity index is 581. The summed E-state index contributed by atoms with van der Waals surface area (Å²) < 4.78 is 18.5. The maximum atomic E-state index is 13.5. The number of nitrogens with zero attached hydrogens (tertiary/aromatic N) is 1. The molecule has 0 aliphatic rings. The largest absolute Gasteiger partial charge is 0.495 e. The van der Waals surface area contributed by atoms with Gasteiger partial charge in [0.05, 0.1) is 24.6 Å². The van der Waals surface area contributed by atoms with Crippen molar-refractivity contribution in [3.63, 3.8) is 0 Å². The van der Waals surface area contributed by atoms with E-state index >= 15 is 0 Å². The maximum Gasteiger partial charge on any atom is 0.338 e. The van der Waals surface area contributed by atoms with Crippen LogP contribution in [0.4, 0.5) is 4.39 Å². The lowest BCUT2D eigenvalue weighted by atomic mass is 10.1. The second-order valence-electron chi connectivity index (χ2n) is 3.58. The summed E-state index contributed by atoms with van der Waals surface area (Å²) >= 11 is 0. The number of aromatic carboxylic acids is 1. The zero-order valence-electron chi connectivity index (χ0n) is 9.55. The molecule has 0 amide bonds. The molecule has 1 aromatic carbocycles. The Morgan fingerprint density at radius 2 is 2.11 bits per heavy atom. The first kappa shape index (κ1) is 12.0. The molecule has 1 N–H and O–H groups in total. The van der Waals surface area contributed by atoms with E-state index in [0.717, 1.165) is 6.07 Å². The lowest BCUT2D eigenvalue weighted by Crippen LogP contribution is -2.00. The lowest BCUT2D eigenvalue weighted by Gasteiger charge is -2.04. The van der Waals surface area contributed by atoms with E-state index in [4.69, 9.17) is 9.84 Å². The van der Waals surface area contributed by atoms with Crippen molar-refractivity contribution in [1.29, 1.82) is 0 Å². The molecule has 2 aromatic rings. The number of methoxy groups -OCH3 is 1. The van der Waals surface area contributed by atoms with E-state index in [9.17, 15) is 9.18 Å². The van der Waals surface area contributed by atoms with Crippen molar-refractivity contribution in [2.24, 2.45) is 0 Å². The third kappa shape index (κ3) is 2.29. The van der Waals surface area contributed by atoms with E-state index in [2.05, 4.69) is 4.98 Å². The number of rotatable bonds is 3. The molecule has 1 heterocycles. The summed E-state index contributed by atoms with van der Waals surface area (Å²) in [7, 11) is 1.53. The van der Waals surface area contributed by atoms with Crippen molar-refractivity contribution in [3.8, 4) is 17.0 Å². The summed E-state index contributed by atoms with van der Waals surface area (Å²) in [5.74, 6) is -1.47. The molecule has 1 aromatic heterocycles. The number of pyridine rings is 1. The van der Waals surface area contributed by atoms with E-state index in [1.807, 2.05) is 0 Å². The first-order chi connectivity index (χ1) is 8.61. The van der Waals surface area contributed by atoms with Crippen molar-refractivity contribution >= 4 is 5.97 Å². The first-order valence-electron chi connectivity index (χ1n) is 5.15. The minimum absolute atomic E-state index is 0.354. The molecule has 0 saturated heterocycles. The monoisotopic (exact) mass is 247 g/mol. The van der Waals surface area contributed by atoms with Gasteiger partial charge >= 0.3 is 5.97 Å². The fourth-order valence-corrected chi connectivity index (χ4v) is 1.52. The highest BCUT2D eigenvalue weighted by molar-refractivity contribution is 5.88. The van der Waals surface area contributed by atoms with Gasteiger partial charge < -0.3 is 9.84 Å². The fourth-order valence-electron chi connectivity index (χ4n) is 1.52. The van der Waals surface area contributed by atoms with E-state index < -0.39 is 11.8 Å². The topological polar surface area (TPSA) is 59.4 Å². The molecule has 0 unspecified atom stereocenters. The van der Waals surface area contributed by atoms with Crippen LogP contribution in [0, 0.1) is 5.82 Å². The van der Waals surface area contributed by atoms with Crippen molar-refractivity contribution in [2.45, 2.75) is 0 Å². The van der Waals surface area contributed by atoms with E-state index in [1.54, 1.807) is 12.1 Å². The van der Waals surface area contributed by atoms with Crippen LogP contribution in [0.15, 0.2) is 36.5 Å². The van der Waals surface area contributed by atoms with Crippen LogP contribution in [0.2, 0.25) is 0 Å². The van der Waals surface area contributed by atoms with Gasteiger partial charge in [-0.1, -0.05) is 6.07 Å². The van der Waals surface area contributed by atoms with Gasteiger partial charge in [0.25, 0.3) is 0 Å². The lowest BCUT2D eigenvalue weighted by molar-refractivity contribution is 0.0692. The first-order valence-corrected chi connectivity index (χ1v) is 5.15. The zero-order valence-corrected chi connectivity index (χ0v) is 9.55. The third-order valence-electron chi connectivity index (χ3n) is 2.47. The average molecular weight is 247 g/mol. The molecule has 0 bridgehead atoms. The molecule has 0 spiro atoms. The van der Waals surface area contributed by atoms with E-state index in [0.29, 0.717) is 17.0 Å². The second-order valence-corrected chi connectivity index (χ2v) is 3.58. The number of ether oxygens (including phenoxy) is 1. The number of halogens is 1. The van der Waals surface area contributed by atoms with Gasteiger partial charge in [0.2, 0.25) is 0 Å². The molecule has 0 aliphatic carbocycles. The van der Waals surface area contributed by atoms with Crippen LogP contribution in [0.3, 0.4) is 0 Å². The van der Waals surface area contributed by atoms with Crippen LogP contribution in [-0.2, 0) is 0 Å². The van der Waals surface area contributed by atoms with Gasteiger partial charge in [-0.15, -0.1) is 0 Å². The molecular weight excluding hydrogens is 237 g/mol. The van der Waals surface area contributed by atoms with Crippen LogP contribution in [0.1, 0.15) is 10.4 Å². The molecular formula is C13H10FNO3. The maximum absolute atomic E-state index is 13.5. The Kier molecular flexibility index (Phi) is 3.23. The SMILES string of the molecule is COc1ccc(-c2ccc(C(=O)O)c(F)c2)nc1. The van der Waals surface area contributed by atoms with Gasteiger partial charge in [0.1, 0.15) is 11.6 Å². The van der Waals surface area contributed by atoms with Crippen molar-refractivity contribution in [2.75, 3.05) is 7.11 Å². The van der Waals surface area contributed by atoms with Gasteiger partial charge in [-0.3, -0.25) is 4.98 Å². The van der Waals surface area contributed by atoms with Gasteiger partial charge in [0, 0.05) is 5.56 Å². The van der Waals surface area contributed by atoms with Gasteiger partial charge in [-0.05, 0) is 24.3 Å². The van der Waals surface area contributed by atoms with Gasteiger partial charge in [-0.25, -0.2) is 9.18 Å². The highest BCUT2D eigenvalue weighted by atomic mass is 19.1. The summed E-state index contributed by atoms with van der Waals surface area (Å²) in [4.78, 5) is 14.8. The second kappa shape index (κ2) is 4.83. The molecule has 92 valence electrons. The normalized spacial score (nSPS) is 10.1. The van der Waals surface area contributed by atoms with Crippen molar-refractivity contribution in [3.05, 3.63) is 47.9 Å². The molecule has 0 atom stereocenters. The standard InChI is InChI=1S/C13H10FNO3/c1-18-9-3-5-12(15-7-9)8-2-4-10(13(16)17)11(14)6-8/h2-7H,1H3,(H,16,17). The molecule has 0 saturated carbocycles. The minimum atomic E-state index is -1.29. The summed E-state index contributed by atoms with van der Waals surface area (Å²) in [6.07, 6.45) is 1.51. The number of aromatic nitrogens is 1. The van der Waals surface area contributed by atoms with Crippen LogP contribution in [0.5, 0.6) is 5.75 Å². The zero-order chi connectivity index (χ0) is 13.1. The number of carboxylic acid groups (broad SMARTS) is 1. The summed E-state index contributed by atoms with van der Waals surface area (Å²) in [5.41, 5.74) is 0.707. The molecule has 2 rings (SSSR count). The number of benzene rings is 1. The van der Waals surface area contributed by atoms with Gasteiger partial charge in [-0.2, -0.15) is 0 Å². The van der Waals surface area contributed by atoms with Crippen LogP contribution in [0.25, 0.3) is 11.3 Å². The Balaban J connectivity index is 2.39. The number of carbonyl (C=O) groups is 1. The van der Waals surface area contributed by atoms with Crippen LogP contribution in [-0.4, -0.2) is 23.2 Å². The Labute approximate surface area is 103 Å². The number of hydrogen-bond donors (Lipinski definition) is 1. The van der Waals surface area contributed by atoms with Crippen LogP contribution >= 0.6 is 0 Å². The third-order valence-corrected chi connectivity index (χ3v) is 2.47. The molecule has 0 radical (unpaired) electrons. The smallest absolute Gasteiger partial charge is 0.338 e. The minimum Gasteiger partial charge on any atom is -0.495 e. The highest BCUT2D eigenvalue weighted by Gasteiger charge is 2.11. The van der Waals surface area contributed by atoms with Crippen molar-refractivity contribution in [1.82, 2.24) is 4.98 Å². The molecule has 18 heavy (non-hydrogen) atoms. The van der Waals surface area contributed by atoms with E-state index in [1.165, 1.54) is 25.4 Å². The molecule has 5 heteroatoms. The average Bonchev–Trinajstić information content (AvgIpc) is 2.38. The fraction of sp³-hybridized carbons (Fsp3) is 0.0769. The molecule has 0 aliphatic heterocycles. The summed E-state index contributed by atoms with van der Waals surface area (Å²) in [6.45, 7) is 0. The summed E-state index contributed by atoms with van der Waals surface area (Å²) in [6, 6.07) is 7.26. The predicted octanol–water partition coefficient (Wildman–Crippen LogP) is 2.59. The van der Waals surface area contributed by atoms with Crippen molar-refractivity contribution < 1.29 is 19.0 Å². The quantitative estimate of drug-likeness (QED) is 0.905. The Hall–Kier alpha value is -2.43. The highest BCUT2D eigenvalue weighted by Crippen LogP contribution is 2.21. The van der Waals surface area contributed by atoms with Crippen LogP contribution < -0.4 is 4.74 Å². The van der Waals surface area contributed by atoms with Gasteiger partial charge in [0.15, 0.2) is 0 Å². The number of hydrogen-bond acceptors (Lipinski definition) is 3.